The second-order valence-electron chi connectivity index (χ2n) is 4.62. The van der Waals surface area contributed by atoms with Crippen LogP contribution in [0, 0.1) is 5.41 Å². The first-order valence-electron chi connectivity index (χ1n) is 5.92. The molecule has 0 radical (unpaired) electrons. The van der Waals surface area contributed by atoms with Gasteiger partial charge in [0.25, 0.3) is 0 Å². The Bertz CT molecular complexity index is 377. The van der Waals surface area contributed by atoms with Gasteiger partial charge in [-0.05, 0) is 32.4 Å². The first-order valence-corrected chi connectivity index (χ1v) is 5.92. The first kappa shape index (κ1) is 11.3. The standard InChI is InChI=1S/C12H19N3O/c1-3-12(4-6-13-7-5-12)11(16)10-8-14-15(2)9-10/h8-9,13H,3-7H2,1-2H3. The first-order chi connectivity index (χ1) is 7.68. The summed E-state index contributed by atoms with van der Waals surface area (Å²) in [6.07, 6.45) is 6.31. The highest BCUT2D eigenvalue weighted by atomic mass is 16.1. The minimum absolute atomic E-state index is 0.158. The molecule has 0 aliphatic carbocycles. The third-order valence-corrected chi connectivity index (χ3v) is 3.69. The van der Waals surface area contributed by atoms with Gasteiger partial charge in [0.1, 0.15) is 0 Å². The van der Waals surface area contributed by atoms with Crippen LogP contribution in [0.25, 0.3) is 0 Å². The topological polar surface area (TPSA) is 46.9 Å². The lowest BCUT2D eigenvalue weighted by molar-refractivity contribution is 0.0717. The zero-order chi connectivity index (χ0) is 11.6. The van der Waals surface area contributed by atoms with E-state index in [1.165, 1.54) is 0 Å². The summed E-state index contributed by atoms with van der Waals surface area (Å²) in [4.78, 5) is 12.5. The molecule has 1 fully saturated rings. The minimum Gasteiger partial charge on any atom is -0.317 e. The molecule has 1 aromatic rings. The predicted molar refractivity (Wildman–Crippen MR) is 62.4 cm³/mol. The number of carbonyl (C=O) groups excluding carboxylic acids is 1. The maximum Gasteiger partial charge on any atom is 0.172 e. The summed E-state index contributed by atoms with van der Waals surface area (Å²) in [7, 11) is 1.85. The van der Waals surface area contributed by atoms with Crippen molar-refractivity contribution in [1.82, 2.24) is 15.1 Å². The lowest BCUT2D eigenvalue weighted by atomic mass is 9.72. The molecule has 0 bridgehead atoms. The molecule has 2 rings (SSSR count). The Morgan fingerprint density at radius 2 is 2.25 bits per heavy atom. The smallest absolute Gasteiger partial charge is 0.172 e. The fraction of sp³-hybridized carbons (Fsp3) is 0.667. The van der Waals surface area contributed by atoms with Crippen molar-refractivity contribution in [2.75, 3.05) is 13.1 Å². The van der Waals surface area contributed by atoms with Crippen LogP contribution in [0.5, 0.6) is 0 Å². The van der Waals surface area contributed by atoms with Crippen molar-refractivity contribution < 1.29 is 4.79 Å². The summed E-state index contributed by atoms with van der Waals surface area (Å²) in [5, 5.41) is 7.39. The second-order valence-corrected chi connectivity index (χ2v) is 4.62. The highest BCUT2D eigenvalue weighted by Gasteiger charge is 2.38. The summed E-state index contributed by atoms with van der Waals surface area (Å²) < 4.78 is 1.69. The molecule has 0 unspecified atom stereocenters. The van der Waals surface area contributed by atoms with Crippen LogP contribution >= 0.6 is 0 Å². The van der Waals surface area contributed by atoms with Crippen molar-refractivity contribution in [3.63, 3.8) is 0 Å². The largest absolute Gasteiger partial charge is 0.317 e. The monoisotopic (exact) mass is 221 g/mol. The molecule has 4 nitrogen and oxygen atoms in total. The van der Waals surface area contributed by atoms with Crippen LogP contribution in [-0.2, 0) is 7.05 Å². The Morgan fingerprint density at radius 3 is 2.75 bits per heavy atom. The number of piperidine rings is 1. The number of aryl methyl sites for hydroxylation is 1. The van der Waals surface area contributed by atoms with E-state index in [9.17, 15) is 4.79 Å². The summed E-state index contributed by atoms with van der Waals surface area (Å²) in [5.74, 6) is 0.268. The molecule has 4 heteroatoms. The molecule has 0 atom stereocenters. The number of carbonyl (C=O) groups is 1. The number of rotatable bonds is 3. The van der Waals surface area contributed by atoms with E-state index in [-0.39, 0.29) is 11.2 Å². The molecule has 0 spiro atoms. The van der Waals surface area contributed by atoms with Crippen molar-refractivity contribution >= 4 is 5.78 Å². The number of ketones is 1. The van der Waals surface area contributed by atoms with Gasteiger partial charge in [0.05, 0.1) is 11.8 Å². The Morgan fingerprint density at radius 1 is 1.56 bits per heavy atom. The Labute approximate surface area is 96.0 Å². The average Bonchev–Trinajstić information content (AvgIpc) is 2.76. The third kappa shape index (κ3) is 1.89. The number of hydrogen-bond acceptors (Lipinski definition) is 3. The van der Waals surface area contributed by atoms with Crippen LogP contribution in [0.15, 0.2) is 12.4 Å². The van der Waals surface area contributed by atoms with Gasteiger partial charge in [-0.15, -0.1) is 0 Å². The van der Waals surface area contributed by atoms with Crippen molar-refractivity contribution in [1.29, 1.82) is 0 Å². The van der Waals surface area contributed by atoms with Gasteiger partial charge in [0.2, 0.25) is 0 Å². The molecule has 1 aliphatic rings. The fourth-order valence-corrected chi connectivity index (χ4v) is 2.49. The van der Waals surface area contributed by atoms with E-state index in [1.54, 1.807) is 10.9 Å². The molecule has 1 N–H and O–H groups in total. The third-order valence-electron chi connectivity index (χ3n) is 3.69. The highest BCUT2D eigenvalue weighted by molar-refractivity contribution is 6.00. The minimum atomic E-state index is -0.158. The van der Waals surface area contributed by atoms with Crippen LogP contribution in [0.4, 0.5) is 0 Å². The summed E-state index contributed by atoms with van der Waals surface area (Å²) in [5.41, 5.74) is 0.597. The Hall–Kier alpha value is -1.16. The van der Waals surface area contributed by atoms with E-state index < -0.39 is 0 Å². The van der Waals surface area contributed by atoms with E-state index >= 15 is 0 Å². The van der Waals surface area contributed by atoms with Crippen LogP contribution in [0.3, 0.4) is 0 Å². The molecule has 0 aromatic carbocycles. The predicted octanol–water partition coefficient (Wildman–Crippen LogP) is 1.38. The molecule has 1 saturated heterocycles. The van der Waals surface area contributed by atoms with E-state index in [0.29, 0.717) is 0 Å². The van der Waals surface area contributed by atoms with E-state index in [0.717, 1.165) is 37.9 Å². The van der Waals surface area contributed by atoms with Crippen LogP contribution < -0.4 is 5.32 Å². The van der Waals surface area contributed by atoms with Crippen molar-refractivity contribution in [3.8, 4) is 0 Å². The molecule has 1 aromatic heterocycles. The lowest BCUT2D eigenvalue weighted by Crippen LogP contribution is -2.41. The van der Waals surface area contributed by atoms with E-state index in [1.807, 2.05) is 13.2 Å². The van der Waals surface area contributed by atoms with Gasteiger partial charge in [-0.1, -0.05) is 6.92 Å². The molecular weight excluding hydrogens is 202 g/mol. The van der Waals surface area contributed by atoms with Gasteiger partial charge in [-0.3, -0.25) is 9.48 Å². The maximum absolute atomic E-state index is 12.5. The molecule has 2 heterocycles. The molecular formula is C12H19N3O. The van der Waals surface area contributed by atoms with Crippen molar-refractivity contribution in [2.24, 2.45) is 12.5 Å². The fourth-order valence-electron chi connectivity index (χ4n) is 2.49. The van der Waals surface area contributed by atoms with Crippen LogP contribution in [-0.4, -0.2) is 28.7 Å². The van der Waals surface area contributed by atoms with Gasteiger partial charge in [-0.25, -0.2) is 0 Å². The molecule has 0 amide bonds. The highest BCUT2D eigenvalue weighted by Crippen LogP contribution is 2.35. The zero-order valence-corrected chi connectivity index (χ0v) is 9.99. The molecule has 88 valence electrons. The Kier molecular flexibility index (Phi) is 3.10. The van der Waals surface area contributed by atoms with Gasteiger partial charge in [0, 0.05) is 18.7 Å². The normalized spacial score (nSPS) is 19.6. The molecule has 0 saturated carbocycles. The summed E-state index contributed by atoms with van der Waals surface area (Å²) in [6, 6.07) is 0. The summed E-state index contributed by atoms with van der Waals surface area (Å²) >= 11 is 0. The second kappa shape index (κ2) is 4.37. The van der Waals surface area contributed by atoms with Gasteiger partial charge in [0.15, 0.2) is 5.78 Å². The number of hydrogen-bond donors (Lipinski definition) is 1. The molecule has 1 aliphatic heterocycles. The van der Waals surface area contributed by atoms with Crippen LogP contribution in [0.2, 0.25) is 0 Å². The van der Waals surface area contributed by atoms with Crippen LogP contribution in [0.1, 0.15) is 36.5 Å². The number of nitrogens with one attached hydrogen (secondary N) is 1. The number of nitrogens with zero attached hydrogens (tertiary/aromatic N) is 2. The quantitative estimate of drug-likeness (QED) is 0.784. The average molecular weight is 221 g/mol. The SMILES string of the molecule is CCC1(C(=O)c2cnn(C)c2)CCNCC1. The van der Waals surface area contributed by atoms with Gasteiger partial charge < -0.3 is 5.32 Å². The Balaban J connectivity index is 2.24. The van der Waals surface area contributed by atoms with Gasteiger partial charge in [-0.2, -0.15) is 5.10 Å². The maximum atomic E-state index is 12.5. The van der Waals surface area contributed by atoms with E-state index in [4.69, 9.17) is 0 Å². The van der Waals surface area contributed by atoms with Crippen molar-refractivity contribution in [2.45, 2.75) is 26.2 Å². The van der Waals surface area contributed by atoms with E-state index in [2.05, 4.69) is 17.3 Å². The summed E-state index contributed by atoms with van der Waals surface area (Å²) in [6.45, 7) is 4.00. The lowest BCUT2D eigenvalue weighted by Gasteiger charge is -2.35. The molecule has 16 heavy (non-hydrogen) atoms. The number of aromatic nitrogens is 2. The van der Waals surface area contributed by atoms with Gasteiger partial charge >= 0.3 is 0 Å². The zero-order valence-electron chi connectivity index (χ0n) is 9.99. The van der Waals surface area contributed by atoms with Crippen molar-refractivity contribution in [3.05, 3.63) is 18.0 Å². The number of Topliss-reactive ketones (excluding diaryl/α,β-unsaturated/α-hetero) is 1.